The van der Waals surface area contributed by atoms with Gasteiger partial charge in [-0.1, -0.05) is 23.7 Å². The number of nitriles is 1. The Labute approximate surface area is 176 Å². The number of hydrogen-bond acceptors (Lipinski definition) is 7. The average molecular weight is 420 g/mol. The van der Waals surface area contributed by atoms with E-state index in [1.807, 2.05) is 18.2 Å². The molecular weight excluding hydrogens is 405 g/mol. The maximum absolute atomic E-state index is 13.9. The van der Waals surface area contributed by atoms with E-state index in [2.05, 4.69) is 25.5 Å². The molecule has 0 atom stereocenters. The number of fused-ring (bicyclic) bond motifs is 1. The Morgan fingerprint density at radius 2 is 2.07 bits per heavy atom. The van der Waals surface area contributed by atoms with E-state index >= 15 is 0 Å². The normalized spacial score (nSPS) is 10.7. The van der Waals surface area contributed by atoms with Crippen molar-refractivity contribution >= 4 is 34.1 Å². The third-order valence-electron chi connectivity index (χ3n) is 4.63. The van der Waals surface area contributed by atoms with Gasteiger partial charge in [0.1, 0.15) is 40.9 Å². The smallest absolute Gasteiger partial charge is 0.149 e. The summed E-state index contributed by atoms with van der Waals surface area (Å²) < 4.78 is 13.9. The van der Waals surface area contributed by atoms with Gasteiger partial charge in [0.05, 0.1) is 11.2 Å². The molecule has 3 N–H and O–H groups in total. The topological polar surface area (TPSA) is 113 Å². The number of nitrogens with one attached hydrogen (secondary N) is 1. The summed E-state index contributed by atoms with van der Waals surface area (Å²) in [7, 11) is 0. The first-order valence-electron chi connectivity index (χ1n) is 9.01. The highest BCUT2D eigenvalue weighted by Crippen LogP contribution is 2.35. The number of nitrogens with zero attached hydrogens (tertiary/aromatic N) is 5. The van der Waals surface area contributed by atoms with Crippen molar-refractivity contribution in [3.8, 4) is 17.2 Å². The average Bonchev–Trinajstić information content (AvgIpc) is 2.74. The summed E-state index contributed by atoms with van der Waals surface area (Å²) in [4.78, 5) is 7.90. The number of anilines is 2. The molecule has 4 rings (SSSR count). The van der Waals surface area contributed by atoms with Crippen LogP contribution in [0.25, 0.3) is 22.0 Å². The molecule has 9 heteroatoms. The van der Waals surface area contributed by atoms with Crippen LogP contribution in [0.15, 0.2) is 48.9 Å². The lowest BCUT2D eigenvalue weighted by molar-refractivity contribution is 0.628. The second-order valence-corrected chi connectivity index (χ2v) is 6.87. The molecule has 30 heavy (non-hydrogen) atoms. The maximum atomic E-state index is 13.9. The third kappa shape index (κ3) is 3.71. The van der Waals surface area contributed by atoms with Crippen molar-refractivity contribution in [3.63, 3.8) is 0 Å². The number of hydrogen-bond donors (Lipinski definition) is 2. The first-order valence-corrected chi connectivity index (χ1v) is 9.39. The fourth-order valence-corrected chi connectivity index (χ4v) is 3.57. The summed E-state index contributed by atoms with van der Waals surface area (Å²) in [5, 5.41) is 21.9. The highest BCUT2D eigenvalue weighted by atomic mass is 35.5. The highest BCUT2D eigenvalue weighted by molar-refractivity contribution is 6.36. The largest absolute Gasteiger partial charge is 0.382 e. The third-order valence-corrected chi connectivity index (χ3v) is 4.94. The second kappa shape index (κ2) is 8.27. The maximum Gasteiger partial charge on any atom is 0.149 e. The van der Waals surface area contributed by atoms with E-state index in [0.29, 0.717) is 34.9 Å². The van der Waals surface area contributed by atoms with Gasteiger partial charge in [0.2, 0.25) is 0 Å². The number of rotatable bonds is 5. The predicted octanol–water partition coefficient (Wildman–Crippen LogP) is 3.99. The van der Waals surface area contributed by atoms with Crippen molar-refractivity contribution in [1.82, 2.24) is 20.2 Å². The van der Waals surface area contributed by atoms with Crippen LogP contribution in [0.4, 0.5) is 16.0 Å². The number of nitrogen functional groups attached to an aromatic ring is 1. The highest BCUT2D eigenvalue weighted by Gasteiger charge is 2.16. The quantitative estimate of drug-likeness (QED) is 0.502. The van der Waals surface area contributed by atoms with Crippen LogP contribution in [0.5, 0.6) is 0 Å². The number of benzene rings is 2. The second-order valence-electron chi connectivity index (χ2n) is 6.47. The van der Waals surface area contributed by atoms with Crippen molar-refractivity contribution in [3.05, 3.63) is 70.9 Å². The van der Waals surface area contributed by atoms with E-state index in [-0.39, 0.29) is 17.2 Å². The lowest BCUT2D eigenvalue weighted by Gasteiger charge is -2.15. The zero-order valence-corrected chi connectivity index (χ0v) is 16.4. The van der Waals surface area contributed by atoms with Gasteiger partial charge in [0.25, 0.3) is 0 Å². The van der Waals surface area contributed by atoms with Gasteiger partial charge in [-0.15, -0.1) is 5.10 Å². The zero-order chi connectivity index (χ0) is 21.1. The molecule has 0 radical (unpaired) electrons. The molecule has 0 saturated carbocycles. The van der Waals surface area contributed by atoms with Gasteiger partial charge in [-0.05, 0) is 41.8 Å². The first-order chi connectivity index (χ1) is 14.6. The molecule has 0 aliphatic heterocycles. The molecule has 7 nitrogen and oxygen atoms in total. The van der Waals surface area contributed by atoms with Gasteiger partial charge in [-0.25, -0.2) is 14.4 Å². The fourth-order valence-electron chi connectivity index (χ4n) is 3.29. The van der Waals surface area contributed by atoms with E-state index in [4.69, 9.17) is 17.3 Å². The molecule has 0 aliphatic carbocycles. The molecule has 0 amide bonds. The Morgan fingerprint density at radius 3 is 2.87 bits per heavy atom. The first kappa shape index (κ1) is 19.5. The fraction of sp³-hybridized carbons (Fsp3) is 0.0952. The summed E-state index contributed by atoms with van der Waals surface area (Å²) in [5.41, 5.74) is 8.79. The monoisotopic (exact) mass is 419 g/mol. The Morgan fingerprint density at radius 1 is 1.20 bits per heavy atom. The molecule has 0 fully saturated rings. The standard InChI is InChI=1S/C21H15ClFN7/c22-17-9-13(4-6-26-21-16(10-24)20(25)27-11-28-21)18(12-2-1-3-14(23)8-12)19-15(17)5-7-29-30-19/h1-3,5,7-9,11H,4,6H2,(H3,25,26,27,28). The van der Waals surface area contributed by atoms with Gasteiger partial charge in [0, 0.05) is 17.5 Å². The van der Waals surface area contributed by atoms with Crippen LogP contribution < -0.4 is 11.1 Å². The molecule has 2 aromatic carbocycles. The molecule has 0 bridgehead atoms. The molecular formula is C21H15ClFN7. The molecule has 0 unspecified atom stereocenters. The zero-order valence-electron chi connectivity index (χ0n) is 15.6. The molecule has 2 aromatic heterocycles. The number of aromatic nitrogens is 4. The van der Waals surface area contributed by atoms with Crippen LogP contribution >= 0.6 is 11.6 Å². The molecule has 4 aromatic rings. The van der Waals surface area contributed by atoms with Crippen LogP contribution in [0.1, 0.15) is 11.1 Å². The van der Waals surface area contributed by atoms with Crippen LogP contribution in [-0.2, 0) is 6.42 Å². The van der Waals surface area contributed by atoms with Crippen molar-refractivity contribution in [2.45, 2.75) is 6.42 Å². The molecule has 0 spiro atoms. The van der Waals surface area contributed by atoms with Crippen molar-refractivity contribution in [2.75, 3.05) is 17.6 Å². The van der Waals surface area contributed by atoms with Gasteiger partial charge in [0.15, 0.2) is 0 Å². The van der Waals surface area contributed by atoms with Crippen molar-refractivity contribution in [2.24, 2.45) is 0 Å². The Balaban J connectivity index is 1.73. The number of nitrogens with two attached hydrogens (primary N) is 1. The molecule has 148 valence electrons. The van der Waals surface area contributed by atoms with E-state index in [9.17, 15) is 9.65 Å². The summed E-state index contributed by atoms with van der Waals surface area (Å²) >= 11 is 6.47. The van der Waals surface area contributed by atoms with Crippen molar-refractivity contribution < 1.29 is 4.39 Å². The molecule has 0 saturated heterocycles. The van der Waals surface area contributed by atoms with Crippen LogP contribution in [-0.4, -0.2) is 26.7 Å². The summed E-state index contributed by atoms with van der Waals surface area (Å²) in [6.07, 6.45) is 3.36. The van der Waals surface area contributed by atoms with Crippen molar-refractivity contribution in [1.29, 1.82) is 5.26 Å². The lowest BCUT2D eigenvalue weighted by atomic mass is 9.94. The van der Waals surface area contributed by atoms with E-state index in [1.165, 1.54) is 18.5 Å². The Hall–Kier alpha value is -3.83. The van der Waals surface area contributed by atoms with Gasteiger partial charge >= 0.3 is 0 Å². The predicted molar refractivity (Wildman–Crippen MR) is 113 cm³/mol. The van der Waals surface area contributed by atoms with Gasteiger partial charge in [-0.2, -0.15) is 10.4 Å². The lowest BCUT2D eigenvalue weighted by Crippen LogP contribution is -2.10. The van der Waals surface area contributed by atoms with Gasteiger partial charge < -0.3 is 11.1 Å². The SMILES string of the molecule is N#Cc1c(N)ncnc1NCCc1cc(Cl)c2ccnnc2c1-c1cccc(F)c1. The van der Waals surface area contributed by atoms with Crippen LogP contribution in [0.2, 0.25) is 5.02 Å². The van der Waals surface area contributed by atoms with Crippen LogP contribution in [0, 0.1) is 17.1 Å². The van der Waals surface area contributed by atoms with Crippen LogP contribution in [0.3, 0.4) is 0 Å². The Bertz CT molecular complexity index is 1290. The summed E-state index contributed by atoms with van der Waals surface area (Å²) in [6, 6.07) is 11.9. The van der Waals surface area contributed by atoms with E-state index < -0.39 is 0 Å². The summed E-state index contributed by atoms with van der Waals surface area (Å²) in [6.45, 7) is 0.426. The minimum Gasteiger partial charge on any atom is -0.382 e. The minimum absolute atomic E-state index is 0.111. The van der Waals surface area contributed by atoms with E-state index in [1.54, 1.807) is 18.3 Å². The minimum atomic E-state index is -0.348. The summed E-state index contributed by atoms with van der Waals surface area (Å²) in [5.74, 6) is 0.113. The van der Waals surface area contributed by atoms with Gasteiger partial charge in [-0.3, -0.25) is 0 Å². The Kier molecular flexibility index (Phi) is 5.37. The molecule has 2 heterocycles. The molecule has 0 aliphatic rings. The van der Waals surface area contributed by atoms with E-state index in [0.717, 1.165) is 16.5 Å². The number of halogens is 2.